The maximum absolute atomic E-state index is 12.6. The van der Waals surface area contributed by atoms with Crippen molar-refractivity contribution in [3.8, 4) is 22.8 Å². The van der Waals surface area contributed by atoms with Crippen molar-refractivity contribution in [1.29, 1.82) is 0 Å². The lowest BCUT2D eigenvalue weighted by Gasteiger charge is -2.14. The second-order valence-electron chi connectivity index (χ2n) is 6.90. The first-order chi connectivity index (χ1) is 13.7. The van der Waals surface area contributed by atoms with Crippen LogP contribution < -0.4 is 10.1 Å². The number of anilines is 1. The molecule has 3 rings (SSSR count). The zero-order valence-electron chi connectivity index (χ0n) is 16.2. The second-order valence-corrected chi connectivity index (χ2v) is 6.90. The van der Waals surface area contributed by atoms with E-state index in [9.17, 15) is 18.7 Å². The Morgan fingerprint density at radius 2 is 1.86 bits per heavy atom. The van der Waals surface area contributed by atoms with Crippen LogP contribution >= 0.6 is 0 Å². The number of halogens is 2. The van der Waals surface area contributed by atoms with E-state index in [2.05, 4.69) is 20.3 Å². The van der Waals surface area contributed by atoms with Gasteiger partial charge < -0.3 is 15.2 Å². The second kappa shape index (κ2) is 8.30. The normalized spacial score (nSPS) is 11.1. The Morgan fingerprint density at radius 3 is 2.48 bits per heavy atom. The monoisotopic (exact) mass is 401 g/mol. The molecule has 0 fully saturated rings. The number of carbonyl (C=O) groups is 1. The highest BCUT2D eigenvalue weighted by atomic mass is 19.3. The van der Waals surface area contributed by atoms with Crippen LogP contribution in [-0.4, -0.2) is 27.8 Å². The molecule has 0 aliphatic rings. The van der Waals surface area contributed by atoms with E-state index in [1.807, 2.05) is 13.8 Å². The van der Waals surface area contributed by atoms with Crippen molar-refractivity contribution >= 4 is 11.6 Å². The summed E-state index contributed by atoms with van der Waals surface area (Å²) in [7, 11) is 0. The van der Waals surface area contributed by atoms with E-state index in [4.69, 9.17) is 0 Å². The largest absolute Gasteiger partial charge is 0.508 e. The van der Waals surface area contributed by atoms with Gasteiger partial charge in [0.15, 0.2) is 0 Å². The minimum Gasteiger partial charge on any atom is -0.508 e. The predicted molar refractivity (Wildman–Crippen MR) is 106 cm³/mol. The lowest BCUT2D eigenvalue weighted by atomic mass is 9.99. The summed E-state index contributed by atoms with van der Waals surface area (Å²) >= 11 is 0. The molecule has 0 unspecified atom stereocenters. The van der Waals surface area contributed by atoms with Gasteiger partial charge in [0.2, 0.25) is 0 Å². The quantitative estimate of drug-likeness (QED) is 0.504. The number of H-pyrrole nitrogens is 1. The lowest BCUT2D eigenvalue weighted by Crippen LogP contribution is -2.13. The van der Waals surface area contributed by atoms with E-state index in [0.717, 1.165) is 11.1 Å². The van der Waals surface area contributed by atoms with E-state index < -0.39 is 6.61 Å². The van der Waals surface area contributed by atoms with Gasteiger partial charge in [0.05, 0.1) is 5.69 Å². The molecule has 2 aromatic carbocycles. The predicted octanol–water partition coefficient (Wildman–Crippen LogP) is 5.07. The summed E-state index contributed by atoms with van der Waals surface area (Å²) in [6.07, 6.45) is 0. The molecule has 1 amide bonds. The van der Waals surface area contributed by atoms with Gasteiger partial charge in [-0.2, -0.15) is 13.9 Å². The number of aromatic nitrogens is 2. The smallest absolute Gasteiger partial charge is 0.387 e. The van der Waals surface area contributed by atoms with E-state index in [1.54, 1.807) is 37.3 Å². The molecule has 1 aromatic heterocycles. The molecule has 3 N–H and O–H groups in total. The van der Waals surface area contributed by atoms with E-state index in [-0.39, 0.29) is 29.0 Å². The van der Waals surface area contributed by atoms with Crippen LogP contribution in [0.15, 0.2) is 42.5 Å². The Bertz CT molecular complexity index is 1010. The highest BCUT2D eigenvalue weighted by Crippen LogP contribution is 2.31. The molecule has 0 saturated heterocycles. The first kappa shape index (κ1) is 20.3. The van der Waals surface area contributed by atoms with Crippen LogP contribution in [-0.2, 0) is 0 Å². The van der Waals surface area contributed by atoms with E-state index in [0.29, 0.717) is 16.9 Å². The fourth-order valence-electron chi connectivity index (χ4n) is 2.89. The summed E-state index contributed by atoms with van der Waals surface area (Å²) in [5.74, 6) is -0.0495. The number of hydrogen-bond donors (Lipinski definition) is 3. The van der Waals surface area contributed by atoms with Gasteiger partial charge in [0.25, 0.3) is 5.91 Å². The minimum absolute atomic E-state index is 0.0426. The molecule has 1 heterocycles. The Morgan fingerprint density at radius 1 is 1.17 bits per heavy atom. The summed E-state index contributed by atoms with van der Waals surface area (Å²) in [5, 5.41) is 19.7. The molecule has 0 bridgehead atoms. The molecule has 0 saturated carbocycles. The molecule has 152 valence electrons. The van der Waals surface area contributed by atoms with Crippen molar-refractivity contribution in [3.05, 3.63) is 59.3 Å². The number of nitrogens with zero attached hydrogens (tertiary/aromatic N) is 1. The zero-order chi connectivity index (χ0) is 21.1. The lowest BCUT2D eigenvalue weighted by molar-refractivity contribution is -0.0498. The van der Waals surface area contributed by atoms with Crippen LogP contribution in [0.2, 0.25) is 0 Å². The average Bonchev–Trinajstić information content (AvgIpc) is 3.14. The highest BCUT2D eigenvalue weighted by molar-refractivity contribution is 6.04. The van der Waals surface area contributed by atoms with Crippen LogP contribution in [0.25, 0.3) is 11.3 Å². The van der Waals surface area contributed by atoms with Crippen LogP contribution in [0.1, 0.15) is 41.4 Å². The topological polar surface area (TPSA) is 87.2 Å². The van der Waals surface area contributed by atoms with Crippen molar-refractivity contribution in [3.63, 3.8) is 0 Å². The molecular formula is C21H21F2N3O3. The van der Waals surface area contributed by atoms with E-state index >= 15 is 0 Å². The zero-order valence-corrected chi connectivity index (χ0v) is 16.2. The van der Waals surface area contributed by atoms with Gasteiger partial charge in [-0.25, -0.2) is 0 Å². The van der Waals surface area contributed by atoms with Crippen molar-refractivity contribution in [2.75, 3.05) is 5.32 Å². The Labute approximate surface area is 166 Å². The summed E-state index contributed by atoms with van der Waals surface area (Å²) in [5.41, 5.74) is 3.44. The molecule has 0 radical (unpaired) electrons. The number of benzene rings is 2. The summed E-state index contributed by atoms with van der Waals surface area (Å²) in [6, 6.07) is 10.9. The van der Waals surface area contributed by atoms with Crippen molar-refractivity contribution < 1.29 is 23.4 Å². The third-order valence-corrected chi connectivity index (χ3v) is 4.44. The summed E-state index contributed by atoms with van der Waals surface area (Å²) in [6.45, 7) is 2.81. The third kappa shape index (κ3) is 4.71. The van der Waals surface area contributed by atoms with Crippen LogP contribution in [0.4, 0.5) is 14.5 Å². The van der Waals surface area contributed by atoms with Gasteiger partial charge in [-0.05, 0) is 66.4 Å². The molecule has 8 heteroatoms. The molecule has 0 spiro atoms. The number of hydrogen-bond acceptors (Lipinski definition) is 4. The average molecular weight is 401 g/mol. The van der Waals surface area contributed by atoms with Gasteiger partial charge in [0.1, 0.15) is 17.2 Å². The summed E-state index contributed by atoms with van der Waals surface area (Å²) < 4.78 is 28.8. The van der Waals surface area contributed by atoms with Gasteiger partial charge in [-0.1, -0.05) is 13.8 Å². The number of rotatable bonds is 6. The van der Waals surface area contributed by atoms with Gasteiger partial charge >= 0.3 is 6.61 Å². The SMILES string of the molecule is Cc1cc(O)c(C(C)C)cc1NC(=O)c1cc(-c2ccc(OC(F)F)cc2)n[nH]1. The Balaban J connectivity index is 1.77. The molecule has 0 aliphatic carbocycles. The minimum atomic E-state index is -2.89. The number of phenolic OH excluding ortho intramolecular Hbond substituents is 1. The number of phenols is 1. The fraction of sp³-hybridized carbons (Fsp3) is 0.238. The number of ether oxygens (including phenoxy) is 1. The fourth-order valence-corrected chi connectivity index (χ4v) is 2.89. The molecular weight excluding hydrogens is 380 g/mol. The van der Waals surface area contributed by atoms with Gasteiger partial charge in [0, 0.05) is 11.3 Å². The first-order valence-corrected chi connectivity index (χ1v) is 9.00. The van der Waals surface area contributed by atoms with Crippen LogP contribution in [0.3, 0.4) is 0 Å². The van der Waals surface area contributed by atoms with E-state index in [1.165, 1.54) is 12.1 Å². The maximum Gasteiger partial charge on any atom is 0.387 e. The number of nitrogens with one attached hydrogen (secondary N) is 2. The Kier molecular flexibility index (Phi) is 5.81. The Hall–Kier alpha value is -3.42. The van der Waals surface area contributed by atoms with Gasteiger partial charge in [-0.15, -0.1) is 0 Å². The molecule has 0 atom stereocenters. The molecule has 3 aromatic rings. The van der Waals surface area contributed by atoms with Gasteiger partial charge in [-0.3, -0.25) is 9.89 Å². The number of carbonyl (C=O) groups excluding carboxylic acids is 1. The van der Waals surface area contributed by atoms with Crippen molar-refractivity contribution in [2.24, 2.45) is 0 Å². The number of aromatic amines is 1. The number of amides is 1. The number of aryl methyl sites for hydroxylation is 1. The first-order valence-electron chi connectivity index (χ1n) is 9.00. The number of aromatic hydroxyl groups is 1. The molecule has 0 aliphatic heterocycles. The third-order valence-electron chi connectivity index (χ3n) is 4.44. The maximum atomic E-state index is 12.6. The highest BCUT2D eigenvalue weighted by Gasteiger charge is 2.15. The summed E-state index contributed by atoms with van der Waals surface area (Å²) in [4.78, 5) is 12.6. The number of alkyl halides is 2. The molecule has 6 nitrogen and oxygen atoms in total. The van der Waals surface area contributed by atoms with Crippen molar-refractivity contribution in [1.82, 2.24) is 10.2 Å². The molecule has 29 heavy (non-hydrogen) atoms. The van der Waals surface area contributed by atoms with Crippen molar-refractivity contribution in [2.45, 2.75) is 33.3 Å². The van der Waals surface area contributed by atoms with Crippen LogP contribution in [0.5, 0.6) is 11.5 Å². The van der Waals surface area contributed by atoms with Crippen LogP contribution in [0, 0.1) is 6.92 Å². The standard InChI is InChI=1S/C21H21F2N3O3/c1-11(2)15-9-16(12(3)8-19(15)27)24-20(28)18-10-17(25-26-18)13-4-6-14(7-5-13)29-21(22)23/h4-11,21,27H,1-3H3,(H,24,28)(H,25,26).